The fourth-order valence-electron chi connectivity index (χ4n) is 3.18. The predicted octanol–water partition coefficient (Wildman–Crippen LogP) is 4.28. The van der Waals surface area contributed by atoms with Gasteiger partial charge in [0, 0.05) is 35.7 Å². The molecule has 5 nitrogen and oxygen atoms in total. The zero-order valence-electron chi connectivity index (χ0n) is 17.9. The quantitative estimate of drug-likeness (QED) is 0.371. The number of nitrogens with zero attached hydrogens (tertiary/aromatic N) is 2. The maximum Gasteiger partial charge on any atom is 0.257 e. The van der Waals surface area contributed by atoms with Gasteiger partial charge in [-0.25, -0.2) is 4.98 Å². The van der Waals surface area contributed by atoms with E-state index in [2.05, 4.69) is 26.2 Å². The van der Waals surface area contributed by atoms with E-state index in [0.29, 0.717) is 29.4 Å². The number of aryl methyl sites for hydroxylation is 1. The van der Waals surface area contributed by atoms with Gasteiger partial charge in [-0.1, -0.05) is 70.2 Å². The molecule has 1 unspecified atom stereocenters. The number of carbonyl (C=O) groups excluding carboxylic acids is 1. The van der Waals surface area contributed by atoms with Crippen LogP contribution >= 0.6 is 27.7 Å². The van der Waals surface area contributed by atoms with Crippen molar-refractivity contribution in [2.45, 2.75) is 37.1 Å². The Morgan fingerprint density at radius 2 is 1.81 bits per heavy atom. The van der Waals surface area contributed by atoms with Gasteiger partial charge < -0.3 is 5.32 Å². The topological polar surface area (TPSA) is 64.0 Å². The molecule has 31 heavy (non-hydrogen) atoms. The molecule has 7 heteroatoms. The summed E-state index contributed by atoms with van der Waals surface area (Å²) in [5.41, 5.74) is 3.54. The average Bonchev–Trinajstić information content (AvgIpc) is 2.76. The van der Waals surface area contributed by atoms with Gasteiger partial charge in [0.25, 0.3) is 5.56 Å². The highest BCUT2D eigenvalue weighted by atomic mass is 79.9. The lowest BCUT2D eigenvalue weighted by Gasteiger charge is -2.15. The minimum Gasteiger partial charge on any atom is -0.355 e. The van der Waals surface area contributed by atoms with Gasteiger partial charge in [-0.2, -0.15) is 0 Å². The van der Waals surface area contributed by atoms with Crippen LogP contribution in [0.1, 0.15) is 29.3 Å². The molecule has 0 saturated heterocycles. The highest BCUT2D eigenvalue weighted by molar-refractivity contribution is 9.10. The number of carbonyl (C=O) groups is 1. The first-order valence-corrected chi connectivity index (χ1v) is 11.8. The lowest BCUT2D eigenvalue weighted by Crippen LogP contribution is -2.33. The molecule has 2 aromatic carbocycles. The standard InChI is InChI=1S/C24H26BrN3O2S/c1-16-21(15-19-9-11-20(25)12-10-19)23(30)28(3)24(27-16)31-17(2)22(29)26-14-13-18-7-5-4-6-8-18/h4-12,17H,13-15H2,1-3H3,(H,26,29). The first-order valence-electron chi connectivity index (χ1n) is 10.1. The van der Waals surface area contributed by atoms with E-state index >= 15 is 0 Å². The molecule has 0 aliphatic rings. The number of thioether (sulfide) groups is 1. The summed E-state index contributed by atoms with van der Waals surface area (Å²) in [6, 6.07) is 18.0. The van der Waals surface area contributed by atoms with Crippen molar-refractivity contribution in [1.29, 1.82) is 0 Å². The number of aromatic nitrogens is 2. The first kappa shape index (κ1) is 23.3. The van der Waals surface area contributed by atoms with Crippen molar-refractivity contribution in [2.24, 2.45) is 7.05 Å². The predicted molar refractivity (Wildman–Crippen MR) is 130 cm³/mol. The summed E-state index contributed by atoms with van der Waals surface area (Å²) in [5.74, 6) is -0.0632. The highest BCUT2D eigenvalue weighted by Crippen LogP contribution is 2.22. The van der Waals surface area contributed by atoms with E-state index in [1.807, 2.05) is 68.4 Å². The summed E-state index contributed by atoms with van der Waals surface area (Å²) in [6.45, 7) is 4.26. The smallest absolute Gasteiger partial charge is 0.257 e. The van der Waals surface area contributed by atoms with Crippen LogP contribution in [0.15, 0.2) is 69.0 Å². The highest BCUT2D eigenvalue weighted by Gasteiger charge is 2.19. The molecule has 162 valence electrons. The molecule has 1 heterocycles. The third kappa shape index (κ3) is 6.31. The molecule has 1 aromatic heterocycles. The molecule has 1 amide bonds. The zero-order chi connectivity index (χ0) is 22.4. The van der Waals surface area contributed by atoms with Crippen LogP contribution in [0.4, 0.5) is 0 Å². The number of rotatable bonds is 8. The summed E-state index contributed by atoms with van der Waals surface area (Å²) in [4.78, 5) is 30.1. The second-order valence-corrected chi connectivity index (χ2v) is 9.64. The van der Waals surface area contributed by atoms with Crippen molar-refractivity contribution in [3.63, 3.8) is 0 Å². The SMILES string of the molecule is Cc1nc(SC(C)C(=O)NCCc2ccccc2)n(C)c(=O)c1Cc1ccc(Br)cc1. The van der Waals surface area contributed by atoms with Crippen LogP contribution < -0.4 is 10.9 Å². The Balaban J connectivity index is 1.64. The molecule has 1 atom stereocenters. The Morgan fingerprint density at radius 3 is 2.48 bits per heavy atom. The van der Waals surface area contributed by atoms with Gasteiger partial charge in [0.15, 0.2) is 5.16 Å². The fourth-order valence-corrected chi connectivity index (χ4v) is 4.38. The Bertz CT molecular complexity index is 1100. The normalized spacial score (nSPS) is 11.9. The summed E-state index contributed by atoms with van der Waals surface area (Å²) >= 11 is 4.73. The maximum atomic E-state index is 13.0. The first-order chi connectivity index (χ1) is 14.8. The van der Waals surface area contributed by atoms with Crippen LogP contribution in [-0.4, -0.2) is 27.3 Å². The number of nitrogens with one attached hydrogen (secondary N) is 1. The molecule has 1 N–H and O–H groups in total. The number of amides is 1. The molecule has 0 spiro atoms. The number of halogens is 1. The Morgan fingerprint density at radius 1 is 1.13 bits per heavy atom. The number of hydrogen-bond acceptors (Lipinski definition) is 4. The molecule has 0 aliphatic heterocycles. The van der Waals surface area contributed by atoms with E-state index in [9.17, 15) is 9.59 Å². The minimum absolute atomic E-state index is 0.0632. The molecule has 0 aliphatic carbocycles. The van der Waals surface area contributed by atoms with Crippen molar-refractivity contribution in [2.75, 3.05) is 6.54 Å². The van der Waals surface area contributed by atoms with Crippen molar-refractivity contribution in [3.8, 4) is 0 Å². The molecule has 0 saturated carbocycles. The minimum atomic E-state index is -0.356. The second-order valence-electron chi connectivity index (χ2n) is 7.41. The average molecular weight is 500 g/mol. The lowest BCUT2D eigenvalue weighted by atomic mass is 10.1. The van der Waals surface area contributed by atoms with Crippen LogP contribution in [0.2, 0.25) is 0 Å². The third-order valence-corrected chi connectivity index (χ3v) is 6.72. The zero-order valence-corrected chi connectivity index (χ0v) is 20.3. The molecular formula is C24H26BrN3O2S. The van der Waals surface area contributed by atoms with Gasteiger partial charge in [-0.3, -0.25) is 14.2 Å². The van der Waals surface area contributed by atoms with Gasteiger partial charge >= 0.3 is 0 Å². The summed E-state index contributed by atoms with van der Waals surface area (Å²) in [5, 5.41) is 3.16. The van der Waals surface area contributed by atoms with E-state index in [0.717, 1.165) is 16.5 Å². The fraction of sp³-hybridized carbons (Fsp3) is 0.292. The Kier molecular flexibility index (Phi) is 8.09. The van der Waals surface area contributed by atoms with Crippen molar-refractivity contribution >= 4 is 33.6 Å². The summed E-state index contributed by atoms with van der Waals surface area (Å²) in [7, 11) is 1.71. The van der Waals surface area contributed by atoms with Crippen LogP contribution in [-0.2, 0) is 24.7 Å². The molecule has 0 radical (unpaired) electrons. The van der Waals surface area contributed by atoms with Gasteiger partial charge in [-0.05, 0) is 43.5 Å². The van der Waals surface area contributed by atoms with E-state index in [-0.39, 0.29) is 16.7 Å². The van der Waals surface area contributed by atoms with Crippen molar-refractivity contribution in [1.82, 2.24) is 14.9 Å². The molecule has 3 aromatic rings. The number of benzene rings is 2. The van der Waals surface area contributed by atoms with Crippen LogP contribution in [0, 0.1) is 6.92 Å². The second kappa shape index (κ2) is 10.8. The van der Waals surface area contributed by atoms with Crippen molar-refractivity contribution < 1.29 is 4.79 Å². The summed E-state index contributed by atoms with van der Waals surface area (Å²) in [6.07, 6.45) is 1.31. The van der Waals surface area contributed by atoms with E-state index in [1.54, 1.807) is 11.6 Å². The van der Waals surface area contributed by atoms with Gasteiger partial charge in [0.05, 0.1) is 5.25 Å². The molecule has 3 rings (SSSR count). The molecule has 0 fully saturated rings. The summed E-state index contributed by atoms with van der Waals surface area (Å²) < 4.78 is 2.54. The number of hydrogen-bond donors (Lipinski definition) is 1. The largest absolute Gasteiger partial charge is 0.355 e. The monoisotopic (exact) mass is 499 g/mol. The van der Waals surface area contributed by atoms with Gasteiger partial charge in [0.1, 0.15) is 0 Å². The Labute approximate surface area is 195 Å². The van der Waals surface area contributed by atoms with Crippen LogP contribution in [0.3, 0.4) is 0 Å². The van der Waals surface area contributed by atoms with E-state index in [4.69, 9.17) is 0 Å². The molecular weight excluding hydrogens is 474 g/mol. The maximum absolute atomic E-state index is 13.0. The van der Waals surface area contributed by atoms with Gasteiger partial charge in [-0.15, -0.1) is 0 Å². The van der Waals surface area contributed by atoms with Crippen LogP contribution in [0.25, 0.3) is 0 Å². The Hall–Kier alpha value is -2.38. The van der Waals surface area contributed by atoms with E-state index < -0.39 is 0 Å². The molecule has 0 bridgehead atoms. The van der Waals surface area contributed by atoms with Crippen LogP contribution in [0.5, 0.6) is 0 Å². The van der Waals surface area contributed by atoms with E-state index in [1.165, 1.54) is 17.3 Å². The van der Waals surface area contributed by atoms with Gasteiger partial charge in [0.2, 0.25) is 5.91 Å². The lowest BCUT2D eigenvalue weighted by molar-refractivity contribution is -0.120. The van der Waals surface area contributed by atoms with Crippen molar-refractivity contribution in [3.05, 3.63) is 91.8 Å². The third-order valence-electron chi connectivity index (χ3n) is 5.05.